The summed E-state index contributed by atoms with van der Waals surface area (Å²) in [5, 5.41) is 8.67. The first-order valence-electron chi connectivity index (χ1n) is 3.51. The number of hydrogen-bond acceptors (Lipinski definition) is 6. The van der Waals surface area contributed by atoms with E-state index >= 15 is 0 Å². The zero-order chi connectivity index (χ0) is 10.0. The van der Waals surface area contributed by atoms with E-state index in [4.69, 9.17) is 10.9 Å². The molecule has 1 aliphatic heterocycles. The molecule has 1 saturated heterocycles. The van der Waals surface area contributed by atoms with Crippen molar-refractivity contribution in [1.82, 2.24) is 5.06 Å². The second-order valence-corrected chi connectivity index (χ2v) is 2.43. The molecule has 1 fully saturated rings. The number of amides is 2. The molecule has 0 bridgehead atoms. The number of ether oxygens (including phenoxy) is 1. The lowest BCUT2D eigenvalue weighted by Crippen LogP contribution is -2.32. The largest absolute Gasteiger partial charge is 0.451 e. The van der Waals surface area contributed by atoms with Gasteiger partial charge in [-0.2, -0.15) is 5.06 Å². The van der Waals surface area contributed by atoms with Crippen molar-refractivity contribution in [3.05, 3.63) is 0 Å². The lowest BCUT2D eigenvalue weighted by molar-refractivity contribution is -0.176. The predicted octanol–water partition coefficient (Wildman–Crippen LogP) is -1.99. The molecule has 0 radical (unpaired) electrons. The second kappa shape index (κ2) is 3.50. The Labute approximate surface area is 73.0 Å². The van der Waals surface area contributed by atoms with Crippen molar-refractivity contribution >= 4 is 17.8 Å². The molecule has 0 aromatic rings. The van der Waals surface area contributed by atoms with Crippen LogP contribution in [0.1, 0.15) is 6.42 Å². The number of nitrogens with two attached hydrogens (primary N) is 1. The molecule has 1 atom stereocenters. The number of esters is 1. The van der Waals surface area contributed by atoms with Crippen LogP contribution in [-0.4, -0.2) is 40.7 Å². The Morgan fingerprint density at radius 2 is 2.31 bits per heavy atom. The third kappa shape index (κ3) is 1.82. The standard InChI is InChI=1S/C6H8N2O5/c7-2-5(10)13-3-1-4(9)8(12)6(3)11/h3,12H,1-2,7H2. The minimum Gasteiger partial charge on any atom is -0.451 e. The van der Waals surface area contributed by atoms with E-state index in [0.717, 1.165) is 0 Å². The van der Waals surface area contributed by atoms with Gasteiger partial charge in [0.05, 0.1) is 13.0 Å². The zero-order valence-electron chi connectivity index (χ0n) is 6.60. The normalized spacial score (nSPS) is 22.3. The van der Waals surface area contributed by atoms with Gasteiger partial charge < -0.3 is 10.5 Å². The van der Waals surface area contributed by atoms with E-state index in [0.29, 0.717) is 0 Å². The average Bonchev–Trinajstić information content (AvgIpc) is 2.34. The first kappa shape index (κ1) is 9.62. The minimum atomic E-state index is -1.23. The highest BCUT2D eigenvalue weighted by atomic mass is 16.6. The summed E-state index contributed by atoms with van der Waals surface area (Å²) in [6, 6.07) is 0. The summed E-state index contributed by atoms with van der Waals surface area (Å²) in [7, 11) is 0. The number of carbonyl (C=O) groups excluding carboxylic acids is 3. The van der Waals surface area contributed by atoms with Crippen LogP contribution in [0.4, 0.5) is 0 Å². The molecule has 7 nitrogen and oxygen atoms in total. The summed E-state index contributed by atoms with van der Waals surface area (Å²) in [4.78, 5) is 32.2. The molecule has 0 aromatic heterocycles. The van der Waals surface area contributed by atoms with Gasteiger partial charge in [0.25, 0.3) is 11.8 Å². The number of imide groups is 1. The SMILES string of the molecule is NCC(=O)OC1CC(=O)N(O)C1=O. The zero-order valence-corrected chi connectivity index (χ0v) is 6.60. The van der Waals surface area contributed by atoms with Crippen LogP contribution in [-0.2, 0) is 19.1 Å². The van der Waals surface area contributed by atoms with Crippen molar-refractivity contribution in [2.45, 2.75) is 12.5 Å². The fourth-order valence-corrected chi connectivity index (χ4v) is 0.891. The third-order valence-electron chi connectivity index (χ3n) is 1.52. The van der Waals surface area contributed by atoms with Gasteiger partial charge in [-0.05, 0) is 0 Å². The van der Waals surface area contributed by atoms with Crippen molar-refractivity contribution in [1.29, 1.82) is 0 Å². The molecule has 2 amide bonds. The lowest BCUT2D eigenvalue weighted by Gasteiger charge is -2.07. The van der Waals surface area contributed by atoms with Crippen LogP contribution >= 0.6 is 0 Å². The summed E-state index contributed by atoms with van der Waals surface area (Å²) in [5.74, 6) is -2.52. The summed E-state index contributed by atoms with van der Waals surface area (Å²) in [6.07, 6.45) is -1.56. The van der Waals surface area contributed by atoms with Crippen LogP contribution in [0.15, 0.2) is 0 Å². The maximum Gasteiger partial charge on any atom is 0.320 e. The van der Waals surface area contributed by atoms with Crippen LogP contribution in [0.25, 0.3) is 0 Å². The topological polar surface area (TPSA) is 110 Å². The highest BCUT2D eigenvalue weighted by molar-refractivity contribution is 6.04. The number of hydrogen-bond donors (Lipinski definition) is 2. The van der Waals surface area contributed by atoms with Crippen LogP contribution in [0.2, 0.25) is 0 Å². The molecule has 1 unspecified atom stereocenters. The Hall–Kier alpha value is -1.47. The number of hydroxylamine groups is 2. The molecular formula is C6H8N2O5. The van der Waals surface area contributed by atoms with Gasteiger partial charge in [0.2, 0.25) is 0 Å². The van der Waals surface area contributed by atoms with Crippen LogP contribution in [0, 0.1) is 0 Å². The highest BCUT2D eigenvalue weighted by Gasteiger charge is 2.40. The van der Waals surface area contributed by atoms with Crippen LogP contribution in [0.3, 0.4) is 0 Å². The maximum absolute atomic E-state index is 10.9. The maximum atomic E-state index is 10.9. The fraction of sp³-hybridized carbons (Fsp3) is 0.500. The van der Waals surface area contributed by atoms with E-state index < -0.39 is 23.9 Å². The summed E-state index contributed by atoms with van der Waals surface area (Å²) >= 11 is 0. The predicted molar refractivity (Wildman–Crippen MR) is 37.2 cm³/mol. The molecule has 1 rings (SSSR count). The van der Waals surface area contributed by atoms with Gasteiger partial charge in [0.1, 0.15) is 0 Å². The lowest BCUT2D eigenvalue weighted by atomic mass is 10.3. The first-order valence-corrected chi connectivity index (χ1v) is 3.51. The second-order valence-electron chi connectivity index (χ2n) is 2.43. The quantitative estimate of drug-likeness (QED) is 0.295. The van der Waals surface area contributed by atoms with Crippen LogP contribution in [0.5, 0.6) is 0 Å². The van der Waals surface area contributed by atoms with Gasteiger partial charge in [-0.15, -0.1) is 0 Å². The highest BCUT2D eigenvalue weighted by Crippen LogP contribution is 2.13. The molecule has 0 saturated carbocycles. The van der Waals surface area contributed by atoms with Crippen molar-refractivity contribution in [3.8, 4) is 0 Å². The molecule has 72 valence electrons. The number of rotatable bonds is 2. The van der Waals surface area contributed by atoms with E-state index in [2.05, 4.69) is 4.74 Å². The minimum absolute atomic E-state index is 0.0610. The smallest absolute Gasteiger partial charge is 0.320 e. The van der Waals surface area contributed by atoms with E-state index in [9.17, 15) is 14.4 Å². The van der Waals surface area contributed by atoms with E-state index in [-0.39, 0.29) is 18.0 Å². The van der Waals surface area contributed by atoms with E-state index in [1.54, 1.807) is 0 Å². The Morgan fingerprint density at radius 3 is 2.69 bits per heavy atom. The molecule has 13 heavy (non-hydrogen) atoms. The van der Waals surface area contributed by atoms with Gasteiger partial charge in [0.15, 0.2) is 6.10 Å². The molecule has 0 aromatic carbocycles. The molecule has 3 N–H and O–H groups in total. The number of nitrogens with zero attached hydrogens (tertiary/aromatic N) is 1. The first-order chi connectivity index (χ1) is 6.06. The molecule has 1 heterocycles. The Balaban J connectivity index is 2.59. The van der Waals surface area contributed by atoms with Crippen molar-refractivity contribution < 1.29 is 24.3 Å². The van der Waals surface area contributed by atoms with E-state index in [1.807, 2.05) is 0 Å². The van der Waals surface area contributed by atoms with Crippen molar-refractivity contribution in [3.63, 3.8) is 0 Å². The number of carbonyl (C=O) groups is 3. The average molecular weight is 188 g/mol. The summed E-state index contributed by atoms with van der Waals surface area (Å²) < 4.78 is 4.48. The Morgan fingerprint density at radius 1 is 1.69 bits per heavy atom. The molecule has 0 aliphatic carbocycles. The summed E-state index contributed by atoms with van der Waals surface area (Å²) in [6.45, 7) is -0.372. The monoisotopic (exact) mass is 188 g/mol. The molecule has 1 aliphatic rings. The van der Waals surface area contributed by atoms with Gasteiger partial charge in [-0.1, -0.05) is 0 Å². The van der Waals surface area contributed by atoms with Crippen molar-refractivity contribution in [2.75, 3.05) is 6.54 Å². The molecule has 7 heteroatoms. The summed E-state index contributed by atoms with van der Waals surface area (Å²) in [5.41, 5.74) is 4.92. The molecular weight excluding hydrogens is 180 g/mol. The van der Waals surface area contributed by atoms with Crippen molar-refractivity contribution in [2.24, 2.45) is 5.73 Å². The van der Waals surface area contributed by atoms with E-state index in [1.165, 1.54) is 0 Å². The van der Waals surface area contributed by atoms with Gasteiger partial charge in [0, 0.05) is 0 Å². The Bertz CT molecular complexity index is 264. The fourth-order valence-electron chi connectivity index (χ4n) is 0.891. The van der Waals surface area contributed by atoms with Crippen LogP contribution < -0.4 is 5.73 Å². The van der Waals surface area contributed by atoms with Gasteiger partial charge in [-0.25, -0.2) is 0 Å². The molecule has 0 spiro atoms. The Kier molecular flexibility index (Phi) is 2.59. The van der Waals surface area contributed by atoms with Gasteiger partial charge in [-0.3, -0.25) is 19.6 Å². The third-order valence-corrected chi connectivity index (χ3v) is 1.52. The van der Waals surface area contributed by atoms with Gasteiger partial charge >= 0.3 is 5.97 Å².